The number of nitrogens with zero attached hydrogens (tertiary/aromatic N) is 4. The van der Waals surface area contributed by atoms with Gasteiger partial charge < -0.3 is 4.74 Å². The van der Waals surface area contributed by atoms with Crippen LogP contribution in [0.15, 0.2) is 59.9 Å². The third kappa shape index (κ3) is 6.50. The van der Waals surface area contributed by atoms with Gasteiger partial charge in [-0.2, -0.15) is 13.2 Å². The Bertz CT molecular complexity index is 1350. The van der Waals surface area contributed by atoms with Crippen molar-refractivity contribution < 1.29 is 26.3 Å². The Hall–Kier alpha value is -3.05. The average Bonchev–Trinajstić information content (AvgIpc) is 2.88. The van der Waals surface area contributed by atoms with Gasteiger partial charge in [0.1, 0.15) is 12.4 Å². The number of benzene rings is 1. The molecule has 0 spiro atoms. The van der Waals surface area contributed by atoms with Crippen molar-refractivity contribution in [1.82, 2.24) is 19.9 Å². The molecule has 4 rings (SSSR count). The molecule has 0 aliphatic heterocycles. The van der Waals surface area contributed by atoms with E-state index in [4.69, 9.17) is 4.74 Å². The van der Waals surface area contributed by atoms with Crippen molar-refractivity contribution in [2.75, 3.05) is 13.6 Å². The van der Waals surface area contributed by atoms with E-state index >= 15 is 0 Å². The second-order valence-electron chi connectivity index (χ2n) is 9.62. The smallest absolute Gasteiger partial charge is 0.416 e. The summed E-state index contributed by atoms with van der Waals surface area (Å²) in [6.45, 7) is 4.39. The summed E-state index contributed by atoms with van der Waals surface area (Å²) >= 11 is 0. The van der Waals surface area contributed by atoms with E-state index in [1.165, 1.54) is 30.7 Å². The second kappa shape index (κ2) is 11.4. The summed E-state index contributed by atoms with van der Waals surface area (Å²) in [6.07, 6.45) is 0.116. The lowest BCUT2D eigenvalue weighted by Crippen LogP contribution is -2.47. The number of sulfone groups is 1. The standard InChI is InChI=1S/C27H31F3N4O3S/c1-4-34(3)23-15-20(19-6-5-7-21(14-19)27(28,29)30)8-9-24(23)37-26-11-10-25(18(2)33-26)38(35,36)16-22-12-13-31-17-32-22/h5-7,10-14,17,20,23-24H,4,8-9,15-16H2,1-3H3/t20-,23-,24-/m0/s1. The Morgan fingerprint density at radius 2 is 1.92 bits per heavy atom. The molecule has 0 unspecified atom stereocenters. The number of ether oxygens (including phenoxy) is 1. The van der Waals surface area contributed by atoms with Gasteiger partial charge >= 0.3 is 6.18 Å². The zero-order chi connectivity index (χ0) is 27.5. The Labute approximate surface area is 221 Å². The zero-order valence-corrected chi connectivity index (χ0v) is 22.3. The van der Waals surface area contributed by atoms with Crippen molar-refractivity contribution in [3.63, 3.8) is 0 Å². The van der Waals surface area contributed by atoms with Gasteiger partial charge in [0, 0.05) is 18.3 Å². The van der Waals surface area contributed by atoms with Gasteiger partial charge in [0.05, 0.1) is 27.6 Å². The fraction of sp³-hybridized carbons (Fsp3) is 0.444. The predicted octanol–water partition coefficient (Wildman–Crippen LogP) is 5.21. The summed E-state index contributed by atoms with van der Waals surface area (Å²) in [4.78, 5) is 14.5. The molecule has 38 heavy (non-hydrogen) atoms. The maximum atomic E-state index is 13.3. The molecule has 1 aliphatic rings. The molecule has 1 aromatic carbocycles. The molecular weight excluding hydrogens is 517 g/mol. The van der Waals surface area contributed by atoms with Crippen molar-refractivity contribution in [2.45, 2.75) is 68.0 Å². The van der Waals surface area contributed by atoms with E-state index in [9.17, 15) is 21.6 Å². The number of hydrogen-bond donors (Lipinski definition) is 0. The van der Waals surface area contributed by atoms with E-state index in [0.717, 1.165) is 12.6 Å². The number of aryl methyl sites for hydroxylation is 1. The van der Waals surface area contributed by atoms with E-state index in [2.05, 4.69) is 19.9 Å². The summed E-state index contributed by atoms with van der Waals surface area (Å²) in [7, 11) is -1.70. The van der Waals surface area contributed by atoms with Crippen molar-refractivity contribution in [1.29, 1.82) is 0 Å². The summed E-state index contributed by atoms with van der Waals surface area (Å²) < 4.78 is 71.9. The van der Waals surface area contributed by atoms with Crippen LogP contribution >= 0.6 is 0 Å². The first-order chi connectivity index (χ1) is 18.0. The minimum atomic E-state index is -4.38. The summed E-state index contributed by atoms with van der Waals surface area (Å²) in [5.74, 6) is 0.0296. The number of pyridine rings is 1. The first-order valence-corrected chi connectivity index (χ1v) is 14.1. The molecule has 204 valence electrons. The Morgan fingerprint density at radius 1 is 1.13 bits per heavy atom. The fourth-order valence-electron chi connectivity index (χ4n) is 4.98. The van der Waals surface area contributed by atoms with Crippen LogP contribution in [0.4, 0.5) is 13.2 Å². The van der Waals surface area contributed by atoms with Crippen molar-refractivity contribution in [2.24, 2.45) is 0 Å². The van der Waals surface area contributed by atoms with Crippen LogP contribution in [0.5, 0.6) is 5.88 Å². The van der Waals surface area contributed by atoms with Crippen LogP contribution < -0.4 is 4.74 Å². The van der Waals surface area contributed by atoms with Gasteiger partial charge in [-0.15, -0.1) is 0 Å². The molecule has 1 fully saturated rings. The number of halogens is 3. The molecule has 1 saturated carbocycles. The first kappa shape index (κ1) is 28.0. The van der Waals surface area contributed by atoms with Crippen LogP contribution in [-0.2, 0) is 21.8 Å². The van der Waals surface area contributed by atoms with Gasteiger partial charge in [-0.3, -0.25) is 4.90 Å². The molecule has 1 aliphatic carbocycles. The number of aromatic nitrogens is 3. The van der Waals surface area contributed by atoms with Crippen molar-refractivity contribution in [3.05, 3.63) is 77.5 Å². The molecule has 0 radical (unpaired) electrons. The van der Waals surface area contributed by atoms with E-state index in [1.54, 1.807) is 25.1 Å². The van der Waals surface area contributed by atoms with Crippen molar-refractivity contribution in [3.8, 4) is 5.88 Å². The van der Waals surface area contributed by atoms with Gasteiger partial charge in [-0.05, 0) is 69.5 Å². The van der Waals surface area contributed by atoms with Gasteiger partial charge in [-0.25, -0.2) is 23.4 Å². The first-order valence-electron chi connectivity index (χ1n) is 12.5. The SMILES string of the molecule is CCN(C)[C@H]1C[C@@H](c2cccc(C(F)(F)F)c2)CC[C@@H]1Oc1ccc(S(=O)(=O)Cc2ccncn2)c(C)n1. The average molecular weight is 549 g/mol. The van der Waals surface area contributed by atoms with Gasteiger partial charge in [0.15, 0.2) is 9.84 Å². The lowest BCUT2D eigenvalue weighted by atomic mass is 9.79. The van der Waals surface area contributed by atoms with E-state index in [-0.39, 0.29) is 28.7 Å². The highest BCUT2D eigenvalue weighted by atomic mass is 32.2. The molecule has 2 heterocycles. The minimum absolute atomic E-state index is 0.0276. The third-order valence-corrected chi connectivity index (χ3v) is 8.88. The van der Waals surface area contributed by atoms with Crippen molar-refractivity contribution >= 4 is 9.84 Å². The molecule has 0 saturated heterocycles. The van der Waals surface area contributed by atoms with Gasteiger partial charge in [0.2, 0.25) is 5.88 Å². The maximum absolute atomic E-state index is 13.3. The lowest BCUT2D eigenvalue weighted by Gasteiger charge is -2.40. The Morgan fingerprint density at radius 3 is 2.58 bits per heavy atom. The number of likely N-dealkylation sites (N-methyl/N-ethyl adjacent to an activating group) is 1. The second-order valence-corrected chi connectivity index (χ2v) is 11.6. The zero-order valence-electron chi connectivity index (χ0n) is 21.5. The van der Waals surface area contributed by atoms with Crippen LogP contribution in [0.2, 0.25) is 0 Å². The van der Waals surface area contributed by atoms with Crippen LogP contribution in [0.3, 0.4) is 0 Å². The monoisotopic (exact) mass is 548 g/mol. The molecule has 7 nitrogen and oxygen atoms in total. The molecule has 0 amide bonds. The minimum Gasteiger partial charge on any atom is -0.473 e. The topological polar surface area (TPSA) is 85.3 Å². The largest absolute Gasteiger partial charge is 0.473 e. The number of rotatable bonds is 8. The number of alkyl halides is 3. The Balaban J connectivity index is 1.50. The molecule has 3 atom stereocenters. The highest BCUT2D eigenvalue weighted by Gasteiger charge is 2.36. The van der Waals surface area contributed by atoms with Crippen LogP contribution in [0, 0.1) is 6.92 Å². The van der Waals surface area contributed by atoms with Crippen LogP contribution in [0.25, 0.3) is 0 Å². The summed E-state index contributed by atoms with van der Waals surface area (Å²) in [5.41, 5.74) is 0.764. The molecule has 11 heteroatoms. The van der Waals surface area contributed by atoms with Crippen LogP contribution in [0.1, 0.15) is 54.6 Å². The quantitative estimate of drug-likeness (QED) is 0.382. The molecule has 2 aromatic heterocycles. The molecule has 3 aromatic rings. The Kier molecular flexibility index (Phi) is 8.37. The van der Waals surface area contributed by atoms with Gasteiger partial charge in [0.25, 0.3) is 0 Å². The van der Waals surface area contributed by atoms with Crippen LogP contribution in [-0.4, -0.2) is 54.0 Å². The summed E-state index contributed by atoms with van der Waals surface area (Å²) in [6, 6.07) is 10.1. The molecule has 0 N–H and O–H groups in total. The van der Waals surface area contributed by atoms with E-state index in [1.807, 2.05) is 14.0 Å². The molecule has 0 bridgehead atoms. The van der Waals surface area contributed by atoms with E-state index in [0.29, 0.717) is 42.1 Å². The highest BCUT2D eigenvalue weighted by Crippen LogP contribution is 2.39. The highest BCUT2D eigenvalue weighted by molar-refractivity contribution is 7.90. The van der Waals surface area contributed by atoms with Gasteiger partial charge in [-0.1, -0.05) is 25.1 Å². The fourth-order valence-corrected chi connectivity index (χ4v) is 6.46. The van der Waals surface area contributed by atoms with E-state index < -0.39 is 21.6 Å². The predicted molar refractivity (Wildman–Crippen MR) is 136 cm³/mol. The number of hydrogen-bond acceptors (Lipinski definition) is 7. The third-order valence-electron chi connectivity index (χ3n) is 7.11. The molecular formula is C27H31F3N4O3S. The normalized spacial score (nSPS) is 20.4. The summed E-state index contributed by atoms with van der Waals surface area (Å²) in [5, 5.41) is 0. The maximum Gasteiger partial charge on any atom is 0.416 e. The lowest BCUT2D eigenvalue weighted by molar-refractivity contribution is -0.137.